The SMILES string of the molecule is CC[C@@H]1CN(c2c3c(ccc(=O)n3C)nn2C2CCCCO2)CCN1C(C)c1ccc2nccnc2c1. The van der Waals surface area contributed by atoms with Crippen LogP contribution >= 0.6 is 0 Å². The number of rotatable bonds is 5. The van der Waals surface area contributed by atoms with Crippen LogP contribution in [0.1, 0.15) is 57.4 Å². The zero-order valence-electron chi connectivity index (χ0n) is 21.9. The number of aromatic nitrogens is 5. The van der Waals surface area contributed by atoms with Gasteiger partial charge < -0.3 is 14.2 Å². The highest BCUT2D eigenvalue weighted by Gasteiger charge is 2.34. The van der Waals surface area contributed by atoms with Crippen molar-refractivity contribution in [2.24, 2.45) is 7.05 Å². The Kier molecular flexibility index (Phi) is 6.42. The zero-order chi connectivity index (χ0) is 25.5. The van der Waals surface area contributed by atoms with Crippen LogP contribution in [0.15, 0.2) is 47.5 Å². The molecule has 2 aliphatic heterocycles. The van der Waals surface area contributed by atoms with Gasteiger partial charge >= 0.3 is 0 Å². The molecule has 37 heavy (non-hydrogen) atoms. The lowest BCUT2D eigenvalue weighted by atomic mass is 10.0. The Morgan fingerprint density at radius 3 is 2.65 bits per heavy atom. The fourth-order valence-corrected chi connectivity index (χ4v) is 6.02. The third-order valence-electron chi connectivity index (χ3n) is 8.14. The van der Waals surface area contributed by atoms with Crippen LogP contribution in [0.2, 0.25) is 0 Å². The molecule has 194 valence electrons. The Labute approximate surface area is 216 Å². The molecule has 3 atom stereocenters. The van der Waals surface area contributed by atoms with Crippen molar-refractivity contribution < 1.29 is 4.74 Å². The van der Waals surface area contributed by atoms with E-state index in [0.717, 1.165) is 79.8 Å². The topological polar surface area (TPSA) is 81.3 Å². The normalized spacial score (nSPS) is 22.1. The molecule has 6 rings (SSSR count). The monoisotopic (exact) mass is 501 g/mol. The fraction of sp³-hybridized carbons (Fsp3) is 0.500. The van der Waals surface area contributed by atoms with Crippen LogP contribution in [0.3, 0.4) is 0 Å². The van der Waals surface area contributed by atoms with Crippen LogP contribution in [0, 0.1) is 0 Å². The van der Waals surface area contributed by atoms with Gasteiger partial charge in [-0.1, -0.05) is 13.0 Å². The van der Waals surface area contributed by atoms with Gasteiger partial charge in [0, 0.05) is 63.8 Å². The van der Waals surface area contributed by atoms with E-state index in [0.29, 0.717) is 6.04 Å². The number of hydrogen-bond donors (Lipinski definition) is 0. The maximum Gasteiger partial charge on any atom is 0.250 e. The van der Waals surface area contributed by atoms with Gasteiger partial charge in [-0.15, -0.1) is 0 Å². The van der Waals surface area contributed by atoms with Crippen molar-refractivity contribution in [3.8, 4) is 0 Å². The third kappa shape index (κ3) is 4.30. The molecular weight excluding hydrogens is 466 g/mol. The molecule has 4 aromatic rings. The number of fused-ring (bicyclic) bond motifs is 2. The third-order valence-corrected chi connectivity index (χ3v) is 8.14. The predicted molar refractivity (Wildman–Crippen MR) is 145 cm³/mol. The molecule has 2 unspecified atom stereocenters. The average molecular weight is 502 g/mol. The number of ether oxygens (including phenoxy) is 1. The van der Waals surface area contributed by atoms with Gasteiger partial charge in [0.2, 0.25) is 0 Å². The molecule has 0 bridgehead atoms. The van der Waals surface area contributed by atoms with E-state index in [4.69, 9.17) is 9.84 Å². The smallest absolute Gasteiger partial charge is 0.250 e. The van der Waals surface area contributed by atoms with Crippen molar-refractivity contribution >= 4 is 27.9 Å². The number of nitrogens with zero attached hydrogens (tertiary/aromatic N) is 7. The lowest BCUT2D eigenvalue weighted by molar-refractivity contribution is -0.0384. The maximum atomic E-state index is 12.6. The minimum atomic E-state index is -0.0954. The van der Waals surface area contributed by atoms with Crippen molar-refractivity contribution in [1.82, 2.24) is 29.2 Å². The van der Waals surface area contributed by atoms with Gasteiger partial charge in [-0.2, -0.15) is 5.10 Å². The standard InChI is InChI=1S/C28H35N7O2/c1-4-21-18-33(14-15-34(21)19(2)20-8-9-22-24(17-20)30-13-12-29-22)28-27-23(10-11-25(36)32(27)3)31-35(28)26-7-5-6-16-37-26/h8-13,17,19,21,26H,4-7,14-16,18H2,1-3H3/t19?,21-,26?/m1/s1. The summed E-state index contributed by atoms with van der Waals surface area (Å²) in [5.41, 5.74) is 4.83. The summed E-state index contributed by atoms with van der Waals surface area (Å²) >= 11 is 0. The first-order valence-electron chi connectivity index (χ1n) is 13.5. The quantitative estimate of drug-likeness (QED) is 0.408. The fourth-order valence-electron chi connectivity index (χ4n) is 6.02. The van der Waals surface area contributed by atoms with Crippen molar-refractivity contribution in [3.63, 3.8) is 0 Å². The van der Waals surface area contributed by atoms with Crippen LogP contribution in [-0.4, -0.2) is 61.5 Å². The second-order valence-corrected chi connectivity index (χ2v) is 10.3. The lowest BCUT2D eigenvalue weighted by Gasteiger charge is -2.45. The largest absolute Gasteiger partial charge is 0.356 e. The molecule has 9 nitrogen and oxygen atoms in total. The van der Waals surface area contributed by atoms with Gasteiger partial charge in [0.25, 0.3) is 5.56 Å². The van der Waals surface area contributed by atoms with Gasteiger partial charge in [-0.3, -0.25) is 19.7 Å². The van der Waals surface area contributed by atoms with E-state index < -0.39 is 0 Å². The Bertz CT molecular complexity index is 1470. The summed E-state index contributed by atoms with van der Waals surface area (Å²) in [6.07, 6.45) is 7.56. The van der Waals surface area contributed by atoms with Crippen molar-refractivity contribution in [3.05, 3.63) is 58.6 Å². The van der Waals surface area contributed by atoms with Crippen LogP contribution in [0.5, 0.6) is 0 Å². The summed E-state index contributed by atoms with van der Waals surface area (Å²) in [4.78, 5) is 26.6. The highest BCUT2D eigenvalue weighted by molar-refractivity contribution is 5.87. The summed E-state index contributed by atoms with van der Waals surface area (Å²) in [5, 5.41) is 4.96. The molecule has 0 N–H and O–H groups in total. The first kappa shape index (κ1) is 24.1. The molecule has 0 saturated carbocycles. The Morgan fingerprint density at radius 1 is 1.05 bits per heavy atom. The van der Waals surface area contributed by atoms with Gasteiger partial charge in [0.05, 0.1) is 11.0 Å². The van der Waals surface area contributed by atoms with E-state index in [-0.39, 0.29) is 17.8 Å². The van der Waals surface area contributed by atoms with Crippen LogP contribution in [0.4, 0.5) is 5.82 Å². The van der Waals surface area contributed by atoms with E-state index >= 15 is 0 Å². The van der Waals surface area contributed by atoms with Crippen LogP contribution < -0.4 is 10.5 Å². The molecule has 2 fully saturated rings. The van der Waals surface area contributed by atoms with E-state index in [1.54, 1.807) is 23.0 Å². The van der Waals surface area contributed by atoms with Gasteiger partial charge in [0.15, 0.2) is 12.0 Å². The predicted octanol–water partition coefficient (Wildman–Crippen LogP) is 4.04. The van der Waals surface area contributed by atoms with Crippen molar-refractivity contribution in [2.45, 2.75) is 57.8 Å². The van der Waals surface area contributed by atoms with E-state index in [2.05, 4.69) is 56.5 Å². The zero-order valence-corrected chi connectivity index (χ0v) is 21.9. The summed E-state index contributed by atoms with van der Waals surface area (Å²) in [6.45, 7) is 7.93. The van der Waals surface area contributed by atoms with E-state index in [1.807, 2.05) is 13.1 Å². The molecule has 0 radical (unpaired) electrons. The minimum Gasteiger partial charge on any atom is -0.356 e. The molecule has 0 aliphatic carbocycles. The highest BCUT2D eigenvalue weighted by atomic mass is 16.5. The molecule has 9 heteroatoms. The molecule has 1 aromatic carbocycles. The number of aryl methyl sites for hydroxylation is 1. The summed E-state index contributed by atoms with van der Waals surface area (Å²) in [5.74, 6) is 1.01. The maximum absolute atomic E-state index is 12.6. The first-order chi connectivity index (χ1) is 18.0. The molecule has 3 aromatic heterocycles. The number of pyridine rings is 1. The molecule has 2 saturated heterocycles. The van der Waals surface area contributed by atoms with Gasteiger partial charge in [-0.05, 0) is 56.4 Å². The number of piperazine rings is 1. The highest BCUT2D eigenvalue weighted by Crippen LogP contribution is 2.36. The lowest BCUT2D eigenvalue weighted by Crippen LogP contribution is -2.54. The van der Waals surface area contributed by atoms with Crippen LogP contribution in [0.25, 0.3) is 22.1 Å². The second kappa shape index (κ2) is 9.87. The number of hydrogen-bond acceptors (Lipinski definition) is 7. The average Bonchev–Trinajstić information content (AvgIpc) is 3.35. The number of benzene rings is 1. The van der Waals surface area contributed by atoms with Crippen molar-refractivity contribution in [1.29, 1.82) is 0 Å². The summed E-state index contributed by atoms with van der Waals surface area (Å²) < 4.78 is 9.96. The molecule has 2 aliphatic rings. The minimum absolute atomic E-state index is 0.0171. The summed E-state index contributed by atoms with van der Waals surface area (Å²) in [6, 6.07) is 10.5. The van der Waals surface area contributed by atoms with E-state index in [9.17, 15) is 4.79 Å². The molecular formula is C28H35N7O2. The first-order valence-corrected chi connectivity index (χ1v) is 13.5. The molecule has 5 heterocycles. The van der Waals surface area contributed by atoms with Gasteiger partial charge in [0.1, 0.15) is 11.0 Å². The van der Waals surface area contributed by atoms with Crippen molar-refractivity contribution in [2.75, 3.05) is 31.1 Å². The second-order valence-electron chi connectivity index (χ2n) is 10.3. The Morgan fingerprint density at radius 2 is 1.86 bits per heavy atom. The Balaban J connectivity index is 1.33. The molecule has 0 amide bonds. The van der Waals surface area contributed by atoms with Gasteiger partial charge in [-0.25, -0.2) is 4.68 Å². The van der Waals surface area contributed by atoms with Crippen LogP contribution in [-0.2, 0) is 11.8 Å². The Hall–Kier alpha value is -3.30. The number of anilines is 1. The summed E-state index contributed by atoms with van der Waals surface area (Å²) in [7, 11) is 1.85. The van der Waals surface area contributed by atoms with E-state index in [1.165, 1.54) is 5.56 Å². The molecule has 0 spiro atoms.